The third kappa shape index (κ3) is 5.35. The van der Waals surface area contributed by atoms with Crippen LogP contribution in [0.4, 0.5) is 17.3 Å². The van der Waals surface area contributed by atoms with E-state index in [1.807, 2.05) is 6.07 Å². The van der Waals surface area contributed by atoms with Crippen LogP contribution in [-0.4, -0.2) is 47.6 Å². The Balaban J connectivity index is 1.54. The molecule has 0 aliphatic carbocycles. The Labute approximate surface area is 228 Å². The molecule has 1 atom stereocenters. The van der Waals surface area contributed by atoms with Crippen molar-refractivity contribution in [3.05, 3.63) is 52.8 Å². The first-order chi connectivity index (χ1) is 18.4. The third-order valence-electron chi connectivity index (χ3n) is 6.97. The van der Waals surface area contributed by atoms with Crippen LogP contribution in [0.15, 0.2) is 49.8 Å². The SMILES string of the molecule is CC(C)c1coc([C@H](Nc2nc3c(nc2Nc2cccc(S(=O)(=O)N4CCCC4)c2O)=NCN=3)C(C)(C)C)c1. The van der Waals surface area contributed by atoms with Gasteiger partial charge in [-0.1, -0.05) is 40.7 Å². The molecule has 3 N–H and O–H groups in total. The highest BCUT2D eigenvalue weighted by Crippen LogP contribution is 2.40. The summed E-state index contributed by atoms with van der Waals surface area (Å²) in [5, 5.41) is 17.7. The van der Waals surface area contributed by atoms with Gasteiger partial charge in [0.1, 0.15) is 17.3 Å². The molecule has 5 rings (SSSR count). The second-order valence-corrected chi connectivity index (χ2v) is 13.2. The highest BCUT2D eigenvalue weighted by atomic mass is 32.2. The minimum absolute atomic E-state index is 0.151. The molecule has 1 saturated heterocycles. The van der Waals surface area contributed by atoms with E-state index < -0.39 is 10.0 Å². The van der Waals surface area contributed by atoms with Crippen LogP contribution in [-0.2, 0) is 10.0 Å². The van der Waals surface area contributed by atoms with Crippen molar-refractivity contribution < 1.29 is 17.9 Å². The number of rotatable bonds is 8. The molecule has 11 nitrogen and oxygen atoms in total. The molecule has 1 fully saturated rings. The number of hydrogen-bond acceptors (Lipinski definition) is 10. The third-order valence-corrected chi connectivity index (χ3v) is 8.90. The van der Waals surface area contributed by atoms with Gasteiger partial charge in [-0.3, -0.25) is 0 Å². The summed E-state index contributed by atoms with van der Waals surface area (Å²) in [6, 6.07) is 6.36. The van der Waals surface area contributed by atoms with Gasteiger partial charge in [-0.05, 0) is 47.9 Å². The Morgan fingerprint density at radius 1 is 1.05 bits per heavy atom. The average Bonchev–Trinajstić information content (AvgIpc) is 3.64. The Morgan fingerprint density at radius 2 is 1.72 bits per heavy atom. The van der Waals surface area contributed by atoms with Crippen molar-refractivity contribution in [2.75, 3.05) is 30.4 Å². The van der Waals surface area contributed by atoms with Crippen LogP contribution >= 0.6 is 0 Å². The van der Waals surface area contributed by atoms with Gasteiger partial charge in [0, 0.05) is 13.1 Å². The summed E-state index contributed by atoms with van der Waals surface area (Å²) in [4.78, 5) is 17.8. The fourth-order valence-electron chi connectivity index (χ4n) is 4.69. The molecule has 3 aromatic rings. The molecular formula is C27H35N7O4S. The van der Waals surface area contributed by atoms with Crippen molar-refractivity contribution in [2.24, 2.45) is 15.4 Å². The van der Waals surface area contributed by atoms with E-state index in [-0.39, 0.29) is 40.3 Å². The molecule has 0 spiro atoms. The molecule has 208 valence electrons. The van der Waals surface area contributed by atoms with Gasteiger partial charge in [0.05, 0.1) is 18.0 Å². The average molecular weight is 554 g/mol. The van der Waals surface area contributed by atoms with Crippen molar-refractivity contribution in [2.45, 2.75) is 64.3 Å². The number of para-hydroxylation sites is 1. The molecule has 2 aliphatic heterocycles. The van der Waals surface area contributed by atoms with Gasteiger partial charge in [-0.25, -0.2) is 28.4 Å². The number of hydrogen-bond donors (Lipinski definition) is 3. The fourth-order valence-corrected chi connectivity index (χ4v) is 6.31. The molecule has 0 saturated carbocycles. The van der Waals surface area contributed by atoms with E-state index in [2.05, 4.69) is 65.2 Å². The predicted molar refractivity (Wildman–Crippen MR) is 147 cm³/mol. The number of aromatic hydroxyl groups is 1. The Hall–Kier alpha value is -3.51. The maximum Gasteiger partial charge on any atom is 0.246 e. The van der Waals surface area contributed by atoms with Crippen LogP contribution in [0.25, 0.3) is 0 Å². The van der Waals surface area contributed by atoms with Crippen LogP contribution in [0.5, 0.6) is 5.75 Å². The van der Waals surface area contributed by atoms with E-state index in [0.717, 1.165) is 24.2 Å². The predicted octanol–water partition coefficient (Wildman–Crippen LogP) is 3.84. The van der Waals surface area contributed by atoms with Crippen molar-refractivity contribution >= 4 is 27.3 Å². The zero-order chi connectivity index (χ0) is 27.9. The number of anilines is 3. The topological polar surface area (TPSA) is 145 Å². The number of phenols is 1. The molecule has 4 heterocycles. The number of furan rings is 1. The number of phenolic OH excluding ortho intramolecular Hbond substituents is 1. The maximum atomic E-state index is 13.2. The molecule has 0 radical (unpaired) electrons. The summed E-state index contributed by atoms with van der Waals surface area (Å²) in [5.41, 5.74) is 1.78. The lowest BCUT2D eigenvalue weighted by atomic mass is 9.85. The highest BCUT2D eigenvalue weighted by molar-refractivity contribution is 7.89. The number of aromatic nitrogens is 2. The Morgan fingerprint density at radius 3 is 2.33 bits per heavy atom. The normalized spacial score (nSPS) is 16.6. The van der Waals surface area contributed by atoms with Crippen LogP contribution in [0.1, 0.15) is 70.7 Å². The van der Waals surface area contributed by atoms with Crippen molar-refractivity contribution in [1.29, 1.82) is 0 Å². The van der Waals surface area contributed by atoms with Gasteiger partial charge < -0.3 is 20.2 Å². The molecular weight excluding hydrogens is 518 g/mol. The lowest BCUT2D eigenvalue weighted by Gasteiger charge is -2.30. The Bertz CT molecular complexity index is 1600. The number of benzene rings is 1. The molecule has 0 unspecified atom stereocenters. The van der Waals surface area contributed by atoms with Gasteiger partial charge in [-0.15, -0.1) is 0 Å². The van der Waals surface area contributed by atoms with Crippen molar-refractivity contribution in [3.63, 3.8) is 0 Å². The highest BCUT2D eigenvalue weighted by Gasteiger charge is 2.32. The van der Waals surface area contributed by atoms with Gasteiger partial charge >= 0.3 is 0 Å². The Kier molecular flexibility index (Phi) is 7.10. The number of fused-ring (bicyclic) bond motifs is 1. The molecule has 2 aliphatic rings. The van der Waals surface area contributed by atoms with Crippen LogP contribution in [0, 0.1) is 5.41 Å². The first-order valence-corrected chi connectivity index (χ1v) is 14.6. The lowest BCUT2D eigenvalue weighted by Crippen LogP contribution is -2.33. The van der Waals surface area contributed by atoms with Gasteiger partial charge in [0.25, 0.3) is 0 Å². The first kappa shape index (κ1) is 27.1. The van der Waals surface area contributed by atoms with E-state index in [0.29, 0.717) is 35.8 Å². The van der Waals surface area contributed by atoms with Crippen LogP contribution in [0.3, 0.4) is 0 Å². The monoisotopic (exact) mass is 553 g/mol. The number of sulfonamides is 1. The van der Waals surface area contributed by atoms with E-state index >= 15 is 0 Å². The van der Waals surface area contributed by atoms with Gasteiger partial charge in [-0.2, -0.15) is 4.31 Å². The number of nitrogens with zero attached hydrogens (tertiary/aromatic N) is 5. The smallest absolute Gasteiger partial charge is 0.246 e. The fraction of sp³-hybridized carbons (Fsp3) is 0.481. The molecule has 12 heteroatoms. The second-order valence-electron chi connectivity index (χ2n) is 11.3. The second kappa shape index (κ2) is 10.2. The van der Waals surface area contributed by atoms with Crippen LogP contribution < -0.4 is 21.6 Å². The van der Waals surface area contributed by atoms with Crippen molar-refractivity contribution in [3.8, 4) is 5.75 Å². The largest absolute Gasteiger partial charge is 0.504 e. The molecule has 0 bridgehead atoms. The molecule has 2 aromatic heterocycles. The quantitative estimate of drug-likeness (QED) is 0.357. The zero-order valence-corrected chi connectivity index (χ0v) is 23.7. The zero-order valence-electron chi connectivity index (χ0n) is 22.9. The number of nitrogens with one attached hydrogen (secondary N) is 2. The minimum atomic E-state index is -3.84. The maximum absolute atomic E-state index is 13.2. The summed E-state index contributed by atoms with van der Waals surface area (Å²) in [6.45, 7) is 11.6. The standard InChI is InChI=1S/C27H35N7O4S/c1-16(2)17-13-19(38-14-17)22(27(3,4)5)31-26-25(32-23-24(33-26)29-15-28-23)30-18-9-8-10-20(21(18)35)39(36,37)34-11-6-7-12-34/h8-10,13-14,16,22,35H,6-7,11-12,15H2,1-5H3,(H,28,30,32)(H,29,31,33)/t22-/m0/s1. The van der Waals surface area contributed by atoms with E-state index in [4.69, 9.17) is 4.42 Å². The van der Waals surface area contributed by atoms with Gasteiger partial charge in [0.2, 0.25) is 10.0 Å². The van der Waals surface area contributed by atoms with E-state index in [1.54, 1.807) is 18.4 Å². The van der Waals surface area contributed by atoms with Crippen LogP contribution in [0.2, 0.25) is 0 Å². The summed E-state index contributed by atoms with van der Waals surface area (Å²) in [7, 11) is -3.84. The summed E-state index contributed by atoms with van der Waals surface area (Å²) in [6.07, 6.45) is 3.37. The van der Waals surface area contributed by atoms with E-state index in [1.165, 1.54) is 10.4 Å². The summed E-state index contributed by atoms with van der Waals surface area (Å²) < 4.78 is 33.8. The molecule has 1 aromatic carbocycles. The van der Waals surface area contributed by atoms with Crippen molar-refractivity contribution in [1.82, 2.24) is 14.3 Å². The van der Waals surface area contributed by atoms with E-state index in [9.17, 15) is 13.5 Å². The van der Waals surface area contributed by atoms with Gasteiger partial charge in [0.15, 0.2) is 28.4 Å². The summed E-state index contributed by atoms with van der Waals surface area (Å²) >= 11 is 0. The molecule has 39 heavy (non-hydrogen) atoms. The molecule has 0 amide bonds. The summed E-state index contributed by atoms with van der Waals surface area (Å²) in [5.74, 6) is 1.35. The first-order valence-electron chi connectivity index (χ1n) is 13.2. The minimum Gasteiger partial charge on any atom is -0.504 e. The lowest BCUT2D eigenvalue weighted by molar-refractivity contribution is 0.303.